The quantitative estimate of drug-likeness (QED) is 0.836. The highest BCUT2D eigenvalue weighted by Gasteiger charge is 2.27. The van der Waals surface area contributed by atoms with Crippen LogP contribution in [0.25, 0.3) is 0 Å². The van der Waals surface area contributed by atoms with E-state index in [1.54, 1.807) is 18.7 Å². The van der Waals surface area contributed by atoms with Gasteiger partial charge in [-0.05, 0) is 37.7 Å². The lowest BCUT2D eigenvalue weighted by Gasteiger charge is -2.33. The minimum absolute atomic E-state index is 0.0132. The number of carbonyl (C=O) groups excluding carboxylic acids is 1. The molecule has 4 nitrogen and oxygen atoms in total. The lowest BCUT2D eigenvalue weighted by atomic mass is 9.98. The molecule has 0 fully saturated rings. The second-order valence-corrected chi connectivity index (χ2v) is 7.18. The van der Waals surface area contributed by atoms with Crippen LogP contribution in [0.15, 0.2) is 24.3 Å². The molecule has 22 heavy (non-hydrogen) atoms. The number of benzene rings is 1. The van der Waals surface area contributed by atoms with Crippen molar-refractivity contribution in [2.45, 2.75) is 38.5 Å². The third-order valence-corrected chi connectivity index (χ3v) is 5.10. The van der Waals surface area contributed by atoms with Crippen molar-refractivity contribution >= 4 is 17.7 Å². The summed E-state index contributed by atoms with van der Waals surface area (Å²) in [5.41, 5.74) is 1.83. The number of amides is 1. The van der Waals surface area contributed by atoms with Gasteiger partial charge in [0, 0.05) is 25.4 Å². The van der Waals surface area contributed by atoms with Crippen molar-refractivity contribution < 1.29 is 9.90 Å². The zero-order valence-corrected chi connectivity index (χ0v) is 14.4. The Morgan fingerprint density at radius 2 is 2.14 bits per heavy atom. The molecule has 2 N–H and O–H groups in total. The number of carbonyl (C=O) groups is 1. The topological polar surface area (TPSA) is 52.6 Å². The van der Waals surface area contributed by atoms with Crippen LogP contribution in [0, 0.1) is 0 Å². The van der Waals surface area contributed by atoms with Gasteiger partial charge in [0.2, 0.25) is 5.91 Å². The summed E-state index contributed by atoms with van der Waals surface area (Å²) in [5.74, 6) is 0.597. The Labute approximate surface area is 137 Å². The minimum Gasteiger partial charge on any atom is -0.387 e. The number of nitrogens with one attached hydrogen (secondary N) is 1. The number of rotatable bonds is 6. The van der Waals surface area contributed by atoms with Crippen LogP contribution in [0.2, 0.25) is 0 Å². The van der Waals surface area contributed by atoms with E-state index in [2.05, 4.69) is 28.4 Å². The Kier molecular flexibility index (Phi) is 5.89. The van der Waals surface area contributed by atoms with Crippen LogP contribution in [0.4, 0.5) is 0 Å². The third kappa shape index (κ3) is 4.48. The summed E-state index contributed by atoms with van der Waals surface area (Å²) in [5, 5.41) is 13.0. The van der Waals surface area contributed by atoms with Crippen molar-refractivity contribution in [1.29, 1.82) is 0 Å². The molecule has 1 heterocycles. The van der Waals surface area contributed by atoms with Gasteiger partial charge in [0.1, 0.15) is 0 Å². The molecule has 1 aromatic carbocycles. The first-order valence-corrected chi connectivity index (χ1v) is 9.12. The number of aliphatic hydroxyl groups is 1. The molecule has 0 saturated carbocycles. The minimum atomic E-state index is -0.858. The predicted octanol–water partition coefficient (Wildman–Crippen LogP) is 1.66. The summed E-state index contributed by atoms with van der Waals surface area (Å²) in [6.45, 7) is 5.69. The molecule has 2 atom stereocenters. The van der Waals surface area contributed by atoms with Crippen molar-refractivity contribution in [2.75, 3.05) is 25.1 Å². The fraction of sp³-hybridized carbons (Fsp3) is 0.588. The summed E-state index contributed by atoms with van der Waals surface area (Å²) in [6.07, 6.45) is 2.93. The molecule has 0 saturated heterocycles. The summed E-state index contributed by atoms with van der Waals surface area (Å²) < 4.78 is 0. The number of nitrogens with zero attached hydrogens (tertiary/aromatic N) is 1. The number of hydrogen-bond donors (Lipinski definition) is 2. The first kappa shape index (κ1) is 17.3. The fourth-order valence-corrected chi connectivity index (χ4v) is 3.53. The molecule has 2 rings (SSSR count). The van der Waals surface area contributed by atoms with E-state index in [4.69, 9.17) is 0 Å². The zero-order valence-electron chi connectivity index (χ0n) is 13.6. The number of hydrogen-bond acceptors (Lipinski definition) is 4. The molecule has 0 bridgehead atoms. The van der Waals surface area contributed by atoms with Gasteiger partial charge in [0.25, 0.3) is 0 Å². The van der Waals surface area contributed by atoms with E-state index in [1.807, 2.05) is 19.2 Å². The molecule has 0 aromatic heterocycles. The molecule has 0 spiro atoms. The first-order valence-electron chi connectivity index (χ1n) is 7.73. The van der Waals surface area contributed by atoms with E-state index < -0.39 is 5.60 Å². The molecule has 1 amide bonds. The zero-order chi connectivity index (χ0) is 16.2. The molecule has 122 valence electrons. The van der Waals surface area contributed by atoms with E-state index >= 15 is 0 Å². The maximum atomic E-state index is 12.3. The van der Waals surface area contributed by atoms with Gasteiger partial charge in [-0.2, -0.15) is 11.8 Å². The van der Waals surface area contributed by atoms with Crippen molar-refractivity contribution in [1.82, 2.24) is 10.2 Å². The lowest BCUT2D eigenvalue weighted by Crippen LogP contribution is -2.50. The van der Waals surface area contributed by atoms with Crippen LogP contribution < -0.4 is 5.32 Å². The Morgan fingerprint density at radius 3 is 2.82 bits per heavy atom. The van der Waals surface area contributed by atoms with Crippen molar-refractivity contribution in [3.05, 3.63) is 35.4 Å². The highest BCUT2D eigenvalue weighted by atomic mass is 32.2. The van der Waals surface area contributed by atoms with Gasteiger partial charge in [0.05, 0.1) is 11.6 Å². The maximum Gasteiger partial charge on any atom is 0.237 e. The van der Waals surface area contributed by atoms with Crippen LogP contribution >= 0.6 is 11.8 Å². The van der Waals surface area contributed by atoms with Gasteiger partial charge in [-0.15, -0.1) is 0 Å². The molecule has 0 aliphatic carbocycles. The highest BCUT2D eigenvalue weighted by Crippen LogP contribution is 2.20. The Morgan fingerprint density at radius 1 is 1.45 bits per heavy atom. The van der Waals surface area contributed by atoms with E-state index in [1.165, 1.54) is 11.1 Å². The third-order valence-electron chi connectivity index (χ3n) is 4.19. The summed E-state index contributed by atoms with van der Waals surface area (Å²) in [6, 6.07) is 8.23. The summed E-state index contributed by atoms with van der Waals surface area (Å²) >= 11 is 1.58. The molecular weight excluding hydrogens is 296 g/mol. The monoisotopic (exact) mass is 322 g/mol. The van der Waals surface area contributed by atoms with Crippen LogP contribution in [-0.4, -0.2) is 52.7 Å². The van der Waals surface area contributed by atoms with Crippen molar-refractivity contribution in [3.8, 4) is 0 Å². The Hall–Kier alpha value is -1.04. The molecule has 1 aliphatic rings. The van der Waals surface area contributed by atoms with Gasteiger partial charge in [-0.25, -0.2) is 0 Å². The second kappa shape index (κ2) is 7.49. The molecule has 0 radical (unpaired) electrons. The van der Waals surface area contributed by atoms with Gasteiger partial charge in [-0.1, -0.05) is 24.3 Å². The number of fused-ring (bicyclic) bond motifs is 1. The number of thioether (sulfide) groups is 1. The standard InChI is InChI=1S/C17H26N2O2S/c1-13(16(20)18-11-17(2,21)12-22-3)19-9-8-14-6-4-5-7-15(14)10-19/h4-7,13,21H,8-12H2,1-3H3,(H,18,20). The van der Waals surface area contributed by atoms with E-state index in [0.717, 1.165) is 19.5 Å². The van der Waals surface area contributed by atoms with Gasteiger partial charge < -0.3 is 10.4 Å². The SMILES string of the molecule is CSCC(C)(O)CNC(=O)C(C)N1CCc2ccccc2C1. The van der Waals surface area contributed by atoms with Crippen LogP contribution in [0.1, 0.15) is 25.0 Å². The van der Waals surface area contributed by atoms with Gasteiger partial charge in [-0.3, -0.25) is 9.69 Å². The van der Waals surface area contributed by atoms with Gasteiger partial charge >= 0.3 is 0 Å². The fourth-order valence-electron chi connectivity index (χ4n) is 2.80. The van der Waals surface area contributed by atoms with Crippen LogP contribution in [0.3, 0.4) is 0 Å². The highest BCUT2D eigenvalue weighted by molar-refractivity contribution is 7.98. The first-order chi connectivity index (χ1) is 10.4. The normalized spacial score (nSPS) is 19.1. The van der Waals surface area contributed by atoms with Crippen molar-refractivity contribution in [3.63, 3.8) is 0 Å². The van der Waals surface area contributed by atoms with Gasteiger partial charge in [0.15, 0.2) is 0 Å². The molecule has 1 aliphatic heterocycles. The average Bonchev–Trinajstić information content (AvgIpc) is 2.51. The van der Waals surface area contributed by atoms with Crippen LogP contribution in [-0.2, 0) is 17.8 Å². The smallest absolute Gasteiger partial charge is 0.237 e. The summed E-state index contributed by atoms with van der Waals surface area (Å²) in [4.78, 5) is 14.5. The molecule has 2 unspecified atom stereocenters. The molecule has 1 aromatic rings. The Bertz CT molecular complexity index is 519. The van der Waals surface area contributed by atoms with E-state index in [-0.39, 0.29) is 11.9 Å². The van der Waals surface area contributed by atoms with E-state index in [9.17, 15) is 9.90 Å². The average molecular weight is 322 g/mol. The lowest BCUT2D eigenvalue weighted by molar-refractivity contribution is -0.127. The molecule has 5 heteroatoms. The maximum absolute atomic E-state index is 12.3. The van der Waals surface area contributed by atoms with Crippen LogP contribution in [0.5, 0.6) is 0 Å². The largest absolute Gasteiger partial charge is 0.387 e. The second-order valence-electron chi connectivity index (χ2n) is 6.31. The molecular formula is C17H26N2O2S. The van der Waals surface area contributed by atoms with E-state index in [0.29, 0.717) is 12.3 Å². The van der Waals surface area contributed by atoms with Crippen molar-refractivity contribution in [2.24, 2.45) is 0 Å². The Balaban J connectivity index is 1.89. The summed E-state index contributed by atoms with van der Waals surface area (Å²) in [7, 11) is 0. The predicted molar refractivity (Wildman–Crippen MR) is 92.0 cm³/mol.